The van der Waals surface area contributed by atoms with Gasteiger partial charge in [-0.1, -0.05) is 0 Å². The second-order valence-corrected chi connectivity index (χ2v) is 1.11. The van der Waals surface area contributed by atoms with Crippen molar-refractivity contribution in [2.24, 2.45) is 0 Å². The van der Waals surface area contributed by atoms with Gasteiger partial charge in [0.15, 0.2) is 0 Å². The van der Waals surface area contributed by atoms with Crippen molar-refractivity contribution in [3.8, 4) is 0 Å². The van der Waals surface area contributed by atoms with E-state index in [1.807, 2.05) is 0 Å². The molecule has 62 valence electrons. The zero-order valence-electron chi connectivity index (χ0n) is 5.67. The van der Waals surface area contributed by atoms with Gasteiger partial charge in [-0.2, -0.15) is 13.2 Å². The fraction of sp³-hybridized carbons (Fsp3) is 1.00. The van der Waals surface area contributed by atoms with Gasteiger partial charge in [-0.25, -0.2) is 0 Å². The largest absolute Gasteiger partial charge is 1.00 e. The van der Waals surface area contributed by atoms with Crippen LogP contribution in [-0.2, 0) is 0 Å². The van der Waals surface area contributed by atoms with Gasteiger partial charge in [0, 0.05) is 0 Å². The SMILES string of the molecule is OB(O)O.[Na+].[O-]CC(F)(F)F. The van der Waals surface area contributed by atoms with Crippen LogP contribution in [0.25, 0.3) is 0 Å². The van der Waals surface area contributed by atoms with Gasteiger partial charge in [0.1, 0.15) is 0 Å². The summed E-state index contributed by atoms with van der Waals surface area (Å²) in [6.07, 6.45) is -4.51. The van der Waals surface area contributed by atoms with E-state index in [9.17, 15) is 13.2 Å². The molecule has 0 bridgehead atoms. The van der Waals surface area contributed by atoms with Crippen LogP contribution in [-0.4, -0.2) is 35.2 Å². The summed E-state index contributed by atoms with van der Waals surface area (Å²) in [4.78, 5) is 0. The van der Waals surface area contributed by atoms with E-state index >= 15 is 0 Å². The van der Waals surface area contributed by atoms with E-state index in [4.69, 9.17) is 20.2 Å². The van der Waals surface area contributed by atoms with Crippen molar-refractivity contribution in [2.75, 3.05) is 6.61 Å². The first-order valence-corrected chi connectivity index (χ1v) is 1.98. The molecule has 0 saturated carbocycles. The van der Waals surface area contributed by atoms with Gasteiger partial charge in [0.2, 0.25) is 0 Å². The fourth-order valence-electron chi connectivity index (χ4n) is 0. The summed E-state index contributed by atoms with van der Waals surface area (Å²) in [5.41, 5.74) is 0. The first kappa shape index (κ1) is 17.7. The Balaban J connectivity index is -0.000000114. The van der Waals surface area contributed by atoms with Crippen LogP contribution < -0.4 is 34.7 Å². The van der Waals surface area contributed by atoms with E-state index in [1.54, 1.807) is 0 Å². The van der Waals surface area contributed by atoms with E-state index in [0.717, 1.165) is 0 Å². The Hall–Kier alpha value is 0.695. The van der Waals surface area contributed by atoms with Crippen LogP contribution in [0, 0.1) is 0 Å². The Morgan fingerprint density at radius 2 is 1.27 bits per heavy atom. The molecule has 4 nitrogen and oxygen atoms in total. The Kier molecular flexibility index (Phi) is 14.1. The number of hydrogen-bond acceptors (Lipinski definition) is 4. The average Bonchev–Trinajstić information content (AvgIpc) is 1.63. The van der Waals surface area contributed by atoms with Crippen LogP contribution >= 0.6 is 0 Å². The molecule has 3 N–H and O–H groups in total. The summed E-state index contributed by atoms with van der Waals surface area (Å²) in [5, 5.41) is 30.3. The maximum atomic E-state index is 10.5. The Labute approximate surface area is 83.1 Å². The molecule has 9 heteroatoms. The predicted molar refractivity (Wildman–Crippen MR) is 23.3 cm³/mol. The number of hydrogen-bond donors (Lipinski definition) is 3. The summed E-state index contributed by atoms with van der Waals surface area (Å²) < 4.78 is 31.4. The minimum absolute atomic E-state index is 0. The number of alkyl halides is 3. The van der Waals surface area contributed by atoms with Crippen molar-refractivity contribution in [1.82, 2.24) is 0 Å². The molecule has 0 heterocycles. The van der Waals surface area contributed by atoms with Crippen LogP contribution in [0.4, 0.5) is 13.2 Å². The Morgan fingerprint density at radius 3 is 1.27 bits per heavy atom. The maximum absolute atomic E-state index is 10.5. The summed E-state index contributed by atoms with van der Waals surface area (Å²) in [6, 6.07) is 0. The Bertz CT molecular complexity index is 75.5. The normalized spacial score (nSPS) is 9.00. The molecule has 0 aliphatic carbocycles. The zero-order chi connectivity index (χ0) is 8.78. The third kappa shape index (κ3) is 59.2. The fourth-order valence-corrected chi connectivity index (χ4v) is 0. The van der Waals surface area contributed by atoms with Gasteiger partial charge in [-0.15, -0.1) is 0 Å². The molecule has 0 atom stereocenters. The van der Waals surface area contributed by atoms with E-state index in [1.165, 1.54) is 0 Å². The summed E-state index contributed by atoms with van der Waals surface area (Å²) >= 11 is 0. The van der Waals surface area contributed by atoms with Gasteiger partial charge in [0.05, 0.1) is 0 Å². The molecule has 0 aliphatic heterocycles. The maximum Gasteiger partial charge on any atom is 1.00 e. The summed E-state index contributed by atoms with van der Waals surface area (Å²) in [6.45, 7) is -1.98. The minimum atomic E-state index is -4.51. The summed E-state index contributed by atoms with van der Waals surface area (Å²) in [7, 11) is -2.17. The molecule has 0 rings (SSSR count). The standard InChI is InChI=1S/C2H2F3O.BH3O3.Na/c3-2(4,5)1-6;2-1(3)4;/h1H2;2-4H;/q-1;;+1. The minimum Gasteiger partial charge on any atom is -0.848 e. The Morgan fingerprint density at radius 1 is 1.18 bits per heavy atom. The monoisotopic (exact) mass is 184 g/mol. The van der Waals surface area contributed by atoms with Gasteiger partial charge in [0.25, 0.3) is 0 Å². The van der Waals surface area contributed by atoms with Crippen molar-refractivity contribution >= 4 is 7.32 Å². The molecule has 0 spiro atoms. The molecule has 0 aromatic carbocycles. The molecule has 0 aromatic heterocycles. The molecule has 0 fully saturated rings. The molecule has 0 unspecified atom stereocenters. The van der Waals surface area contributed by atoms with E-state index < -0.39 is 20.1 Å². The van der Waals surface area contributed by atoms with Crippen LogP contribution in [0.3, 0.4) is 0 Å². The van der Waals surface area contributed by atoms with E-state index in [0.29, 0.717) is 0 Å². The molecular weight excluding hydrogens is 179 g/mol. The number of halogens is 3. The second-order valence-electron chi connectivity index (χ2n) is 1.11. The molecule has 0 radical (unpaired) electrons. The molecular formula is C2H5BF3NaO4. The van der Waals surface area contributed by atoms with Crippen molar-refractivity contribution in [3.63, 3.8) is 0 Å². The van der Waals surface area contributed by atoms with Crippen molar-refractivity contribution in [1.29, 1.82) is 0 Å². The summed E-state index contributed by atoms with van der Waals surface area (Å²) in [5.74, 6) is 0. The van der Waals surface area contributed by atoms with Crippen molar-refractivity contribution in [2.45, 2.75) is 6.18 Å². The molecule has 11 heavy (non-hydrogen) atoms. The third-order valence-electron chi connectivity index (χ3n) is 0.164. The van der Waals surface area contributed by atoms with Gasteiger partial charge in [-0.05, 0) is 6.61 Å². The van der Waals surface area contributed by atoms with Crippen LogP contribution in [0.15, 0.2) is 0 Å². The zero-order valence-corrected chi connectivity index (χ0v) is 7.67. The van der Waals surface area contributed by atoms with Crippen molar-refractivity contribution in [3.05, 3.63) is 0 Å². The van der Waals surface area contributed by atoms with E-state index in [2.05, 4.69) is 0 Å². The van der Waals surface area contributed by atoms with Gasteiger partial charge < -0.3 is 20.2 Å². The third-order valence-corrected chi connectivity index (χ3v) is 0.164. The van der Waals surface area contributed by atoms with Gasteiger partial charge in [-0.3, -0.25) is 0 Å². The van der Waals surface area contributed by atoms with Gasteiger partial charge >= 0.3 is 43.1 Å². The number of rotatable bonds is 0. The second kappa shape index (κ2) is 8.79. The van der Waals surface area contributed by atoms with Crippen LogP contribution in [0.5, 0.6) is 0 Å². The molecule has 0 amide bonds. The molecule has 0 aliphatic rings. The quantitative estimate of drug-likeness (QED) is 0.328. The molecule has 0 aromatic rings. The topological polar surface area (TPSA) is 83.8 Å². The first-order valence-electron chi connectivity index (χ1n) is 1.98. The van der Waals surface area contributed by atoms with Crippen LogP contribution in [0.2, 0.25) is 0 Å². The smallest absolute Gasteiger partial charge is 0.848 e. The first-order chi connectivity index (χ1) is 4.29. The predicted octanol–water partition coefficient (Wildman–Crippen LogP) is -5.14. The average molecular weight is 184 g/mol. The van der Waals surface area contributed by atoms with E-state index in [-0.39, 0.29) is 29.6 Å². The van der Waals surface area contributed by atoms with Crippen LogP contribution in [0.1, 0.15) is 0 Å². The van der Waals surface area contributed by atoms with Crippen molar-refractivity contribution < 1.29 is 62.9 Å². The molecule has 0 saturated heterocycles.